The molecule has 0 aromatic rings. The first kappa shape index (κ1) is 8.88. The van der Waals surface area contributed by atoms with Crippen LogP contribution < -0.4 is 0 Å². The van der Waals surface area contributed by atoms with Crippen molar-refractivity contribution in [3.63, 3.8) is 0 Å². The minimum absolute atomic E-state index is 0.171. The SMILES string of the molecule is C[C@H](O)C(CO)[C@@H](C)O. The molecule has 0 aliphatic heterocycles. The first-order chi connectivity index (χ1) is 4.09. The van der Waals surface area contributed by atoms with Crippen molar-refractivity contribution in [3.05, 3.63) is 0 Å². The second-order valence-electron chi connectivity index (χ2n) is 2.33. The van der Waals surface area contributed by atoms with Gasteiger partial charge in [0.25, 0.3) is 0 Å². The molecular weight excluding hydrogens is 120 g/mol. The Labute approximate surface area is 54.9 Å². The largest absolute Gasteiger partial charge is 0.396 e. The van der Waals surface area contributed by atoms with Crippen LogP contribution in [0.2, 0.25) is 0 Å². The summed E-state index contributed by atoms with van der Waals surface area (Å²) in [6.45, 7) is 2.93. The van der Waals surface area contributed by atoms with Gasteiger partial charge in [0.15, 0.2) is 0 Å². The third-order valence-corrected chi connectivity index (χ3v) is 1.45. The minimum Gasteiger partial charge on any atom is -0.396 e. The molecule has 1 unspecified atom stereocenters. The third kappa shape index (κ3) is 2.79. The Balaban J connectivity index is 3.68. The maximum absolute atomic E-state index is 8.86. The van der Waals surface area contributed by atoms with Crippen LogP contribution in [0.1, 0.15) is 13.8 Å². The summed E-state index contributed by atoms with van der Waals surface area (Å²) < 4.78 is 0. The highest BCUT2D eigenvalue weighted by molar-refractivity contribution is 4.68. The Morgan fingerprint density at radius 1 is 1.11 bits per heavy atom. The second kappa shape index (κ2) is 3.82. The van der Waals surface area contributed by atoms with E-state index >= 15 is 0 Å². The van der Waals surface area contributed by atoms with Crippen molar-refractivity contribution < 1.29 is 15.3 Å². The summed E-state index contributed by atoms with van der Waals surface area (Å²) in [7, 11) is 0. The third-order valence-electron chi connectivity index (χ3n) is 1.45. The zero-order valence-corrected chi connectivity index (χ0v) is 5.78. The van der Waals surface area contributed by atoms with Gasteiger partial charge in [0.05, 0.1) is 18.8 Å². The lowest BCUT2D eigenvalue weighted by Crippen LogP contribution is -2.30. The lowest BCUT2D eigenvalue weighted by atomic mass is 10.00. The molecule has 0 aromatic carbocycles. The molecule has 0 fully saturated rings. The van der Waals surface area contributed by atoms with Crippen molar-refractivity contribution in [2.24, 2.45) is 5.92 Å². The van der Waals surface area contributed by atoms with Gasteiger partial charge in [0.2, 0.25) is 0 Å². The van der Waals surface area contributed by atoms with Gasteiger partial charge in [-0.15, -0.1) is 0 Å². The molecule has 0 aliphatic carbocycles. The molecule has 0 radical (unpaired) electrons. The monoisotopic (exact) mass is 134 g/mol. The number of aliphatic hydroxyl groups excluding tert-OH is 3. The van der Waals surface area contributed by atoms with E-state index in [1.165, 1.54) is 0 Å². The maximum Gasteiger partial charge on any atom is 0.0586 e. The fourth-order valence-corrected chi connectivity index (χ4v) is 0.708. The van der Waals surface area contributed by atoms with Crippen LogP contribution in [0, 0.1) is 5.92 Å². The molecule has 3 N–H and O–H groups in total. The molecule has 3 atom stereocenters. The first-order valence-electron chi connectivity index (χ1n) is 3.06. The predicted molar refractivity (Wildman–Crippen MR) is 33.9 cm³/mol. The van der Waals surface area contributed by atoms with Crippen molar-refractivity contribution in [2.45, 2.75) is 26.1 Å². The predicted octanol–water partition coefficient (Wildman–Crippen LogP) is -0.644. The van der Waals surface area contributed by atoms with Crippen molar-refractivity contribution in [1.29, 1.82) is 0 Å². The molecule has 3 heteroatoms. The van der Waals surface area contributed by atoms with Crippen LogP contribution >= 0.6 is 0 Å². The number of aliphatic hydroxyl groups is 3. The Kier molecular flexibility index (Phi) is 3.77. The van der Waals surface area contributed by atoms with Gasteiger partial charge in [-0.2, -0.15) is 0 Å². The van der Waals surface area contributed by atoms with Crippen molar-refractivity contribution in [3.8, 4) is 0 Å². The summed E-state index contributed by atoms with van der Waals surface area (Å²) in [6.07, 6.45) is -1.29. The van der Waals surface area contributed by atoms with Crippen LogP contribution in [0.25, 0.3) is 0 Å². The zero-order chi connectivity index (χ0) is 7.44. The molecule has 0 saturated carbocycles. The first-order valence-corrected chi connectivity index (χ1v) is 3.06. The molecule has 56 valence electrons. The summed E-state index contributed by atoms with van der Waals surface area (Å²) in [5, 5.41) is 26.3. The molecule has 0 aromatic heterocycles. The van der Waals surface area contributed by atoms with Crippen LogP contribution in [0.5, 0.6) is 0 Å². The normalized spacial score (nSPS) is 21.0. The van der Waals surface area contributed by atoms with Gasteiger partial charge >= 0.3 is 0 Å². The van der Waals surface area contributed by atoms with Gasteiger partial charge in [-0.3, -0.25) is 0 Å². The van der Waals surface area contributed by atoms with Gasteiger partial charge in [-0.25, -0.2) is 0 Å². The second-order valence-corrected chi connectivity index (χ2v) is 2.33. The summed E-state index contributed by atoms with van der Waals surface area (Å²) in [5.41, 5.74) is 0. The number of hydrogen-bond acceptors (Lipinski definition) is 3. The number of rotatable bonds is 3. The quantitative estimate of drug-likeness (QED) is 0.481. The summed E-state index contributed by atoms with van der Waals surface area (Å²) in [6, 6.07) is 0. The van der Waals surface area contributed by atoms with Crippen LogP contribution in [0.4, 0.5) is 0 Å². The minimum atomic E-state index is -0.644. The smallest absolute Gasteiger partial charge is 0.0586 e. The van der Waals surface area contributed by atoms with E-state index in [2.05, 4.69) is 0 Å². The van der Waals surface area contributed by atoms with Crippen LogP contribution in [0.15, 0.2) is 0 Å². The van der Waals surface area contributed by atoms with E-state index in [0.29, 0.717) is 0 Å². The van der Waals surface area contributed by atoms with Gasteiger partial charge in [0, 0.05) is 5.92 Å². The fraction of sp³-hybridized carbons (Fsp3) is 1.00. The lowest BCUT2D eigenvalue weighted by molar-refractivity contribution is 0.000560. The summed E-state index contributed by atoms with van der Waals surface area (Å²) in [5.74, 6) is -0.412. The van der Waals surface area contributed by atoms with E-state index in [4.69, 9.17) is 15.3 Å². The topological polar surface area (TPSA) is 60.7 Å². The Morgan fingerprint density at radius 2 is 1.44 bits per heavy atom. The van der Waals surface area contributed by atoms with Crippen LogP contribution in [-0.4, -0.2) is 34.1 Å². The van der Waals surface area contributed by atoms with E-state index < -0.39 is 18.1 Å². The molecular formula is C6H14O3. The van der Waals surface area contributed by atoms with E-state index in [9.17, 15) is 0 Å². The van der Waals surface area contributed by atoms with Crippen LogP contribution in [-0.2, 0) is 0 Å². The van der Waals surface area contributed by atoms with Crippen LogP contribution in [0.3, 0.4) is 0 Å². The highest BCUT2D eigenvalue weighted by Gasteiger charge is 2.18. The Bertz CT molecular complexity index is 62.7. The highest BCUT2D eigenvalue weighted by atomic mass is 16.3. The van der Waals surface area contributed by atoms with Crippen molar-refractivity contribution in [1.82, 2.24) is 0 Å². The van der Waals surface area contributed by atoms with Gasteiger partial charge in [-0.05, 0) is 13.8 Å². The molecule has 0 aliphatic rings. The van der Waals surface area contributed by atoms with Gasteiger partial charge in [-0.1, -0.05) is 0 Å². The molecule has 0 amide bonds. The maximum atomic E-state index is 8.86. The summed E-state index contributed by atoms with van der Waals surface area (Å²) in [4.78, 5) is 0. The van der Waals surface area contributed by atoms with Crippen molar-refractivity contribution >= 4 is 0 Å². The van der Waals surface area contributed by atoms with E-state index in [-0.39, 0.29) is 6.61 Å². The highest BCUT2D eigenvalue weighted by Crippen LogP contribution is 2.06. The average molecular weight is 134 g/mol. The van der Waals surface area contributed by atoms with E-state index in [0.717, 1.165) is 0 Å². The zero-order valence-electron chi connectivity index (χ0n) is 5.78. The van der Waals surface area contributed by atoms with Gasteiger partial charge < -0.3 is 15.3 Å². The van der Waals surface area contributed by atoms with E-state index in [1.807, 2.05) is 0 Å². The molecule has 3 nitrogen and oxygen atoms in total. The lowest BCUT2D eigenvalue weighted by Gasteiger charge is -2.19. The Hall–Kier alpha value is -0.120. The fourth-order valence-electron chi connectivity index (χ4n) is 0.708. The van der Waals surface area contributed by atoms with Gasteiger partial charge in [0.1, 0.15) is 0 Å². The molecule has 0 heterocycles. The summed E-state index contributed by atoms with van der Waals surface area (Å²) >= 11 is 0. The molecule has 0 rings (SSSR count). The molecule has 0 spiro atoms. The molecule has 0 bridgehead atoms. The Morgan fingerprint density at radius 3 is 1.44 bits per heavy atom. The number of hydrogen-bond donors (Lipinski definition) is 3. The average Bonchev–Trinajstić information content (AvgIpc) is 1.64. The molecule has 9 heavy (non-hydrogen) atoms. The van der Waals surface area contributed by atoms with E-state index in [1.54, 1.807) is 13.8 Å². The van der Waals surface area contributed by atoms with Crippen molar-refractivity contribution in [2.75, 3.05) is 6.61 Å². The molecule has 0 saturated heterocycles. The standard InChI is InChI=1S/C6H14O3/c1-4(8)6(3-7)5(2)9/h4-9H,3H2,1-2H3/t4-,5+,6?.